The van der Waals surface area contributed by atoms with Crippen LogP contribution in [0, 0.1) is 0 Å². The third-order valence-electron chi connectivity index (χ3n) is 3.33. The highest BCUT2D eigenvalue weighted by Gasteiger charge is 2.15. The molecule has 1 atom stereocenters. The minimum Gasteiger partial charge on any atom is -0.397 e. The Balaban J connectivity index is 2.12. The number of hydrogen-bond donors (Lipinski definition) is 2. The van der Waals surface area contributed by atoms with E-state index in [1.807, 2.05) is 35.8 Å². The molecular formula is C16H20ClN3O. The van der Waals surface area contributed by atoms with Crippen molar-refractivity contribution in [2.75, 3.05) is 5.73 Å². The third kappa shape index (κ3) is 3.79. The summed E-state index contributed by atoms with van der Waals surface area (Å²) in [6.07, 6.45) is 2.74. The van der Waals surface area contributed by atoms with Crippen LogP contribution in [0.2, 0.25) is 5.02 Å². The van der Waals surface area contributed by atoms with Crippen LogP contribution < -0.4 is 11.1 Å². The zero-order valence-corrected chi connectivity index (χ0v) is 13.0. The third-order valence-corrected chi connectivity index (χ3v) is 3.58. The van der Waals surface area contributed by atoms with Crippen LogP contribution >= 0.6 is 11.6 Å². The zero-order chi connectivity index (χ0) is 15.4. The molecule has 3 N–H and O–H groups in total. The Morgan fingerprint density at radius 2 is 2.05 bits per heavy atom. The fraction of sp³-hybridized carbons (Fsp3) is 0.312. The minimum atomic E-state index is -0.123. The normalized spacial score (nSPS) is 12.1. The van der Waals surface area contributed by atoms with Crippen molar-refractivity contribution in [1.29, 1.82) is 0 Å². The van der Waals surface area contributed by atoms with E-state index in [0.29, 0.717) is 16.4 Å². The maximum absolute atomic E-state index is 12.4. The van der Waals surface area contributed by atoms with Crippen molar-refractivity contribution in [2.45, 2.75) is 32.9 Å². The summed E-state index contributed by atoms with van der Waals surface area (Å²) in [6, 6.07) is 9.06. The molecule has 112 valence electrons. The smallest absolute Gasteiger partial charge is 0.268 e. The van der Waals surface area contributed by atoms with E-state index in [9.17, 15) is 4.79 Å². The van der Waals surface area contributed by atoms with Gasteiger partial charge in [0.15, 0.2) is 0 Å². The van der Waals surface area contributed by atoms with Crippen molar-refractivity contribution in [3.05, 3.63) is 52.8 Å². The van der Waals surface area contributed by atoms with Gasteiger partial charge in [-0.1, -0.05) is 30.7 Å². The molecule has 0 saturated heterocycles. The second-order valence-electron chi connectivity index (χ2n) is 5.10. The molecule has 1 heterocycles. The molecule has 2 rings (SSSR count). The van der Waals surface area contributed by atoms with Crippen molar-refractivity contribution in [2.24, 2.45) is 0 Å². The highest BCUT2D eigenvalue weighted by Crippen LogP contribution is 2.18. The van der Waals surface area contributed by atoms with Gasteiger partial charge in [0, 0.05) is 17.8 Å². The number of halogens is 1. The molecule has 1 amide bonds. The van der Waals surface area contributed by atoms with Crippen molar-refractivity contribution < 1.29 is 4.79 Å². The maximum Gasteiger partial charge on any atom is 0.268 e. The molecule has 0 saturated carbocycles. The Morgan fingerprint density at radius 1 is 1.38 bits per heavy atom. The van der Waals surface area contributed by atoms with E-state index in [-0.39, 0.29) is 11.9 Å². The Bertz CT molecular complexity index is 619. The second-order valence-corrected chi connectivity index (χ2v) is 5.54. The summed E-state index contributed by atoms with van der Waals surface area (Å²) in [5, 5.41) is 3.67. The van der Waals surface area contributed by atoms with Gasteiger partial charge in [-0.3, -0.25) is 4.79 Å². The van der Waals surface area contributed by atoms with Crippen LogP contribution in [0.3, 0.4) is 0 Å². The van der Waals surface area contributed by atoms with Gasteiger partial charge in [-0.05, 0) is 37.1 Å². The number of carbonyl (C=O) groups is 1. The van der Waals surface area contributed by atoms with E-state index >= 15 is 0 Å². The number of carbonyl (C=O) groups excluding carboxylic acids is 1. The number of nitrogens with two attached hydrogens (primary N) is 1. The molecule has 21 heavy (non-hydrogen) atoms. The summed E-state index contributed by atoms with van der Waals surface area (Å²) < 4.78 is 1.89. The highest BCUT2D eigenvalue weighted by atomic mass is 35.5. The average molecular weight is 306 g/mol. The molecule has 0 aliphatic carbocycles. The van der Waals surface area contributed by atoms with E-state index in [0.717, 1.165) is 18.5 Å². The first-order valence-corrected chi connectivity index (χ1v) is 7.41. The monoisotopic (exact) mass is 305 g/mol. The van der Waals surface area contributed by atoms with Crippen LogP contribution in [0.25, 0.3) is 0 Å². The number of hydrogen-bond acceptors (Lipinski definition) is 2. The zero-order valence-electron chi connectivity index (χ0n) is 12.3. The van der Waals surface area contributed by atoms with Crippen LogP contribution in [0.4, 0.5) is 5.69 Å². The number of aryl methyl sites for hydroxylation is 1. The van der Waals surface area contributed by atoms with E-state index in [2.05, 4.69) is 12.2 Å². The second kappa shape index (κ2) is 6.68. The molecule has 0 spiro atoms. The Hall–Kier alpha value is -1.94. The molecule has 0 radical (unpaired) electrons. The minimum absolute atomic E-state index is 0.0963. The number of anilines is 1. The lowest BCUT2D eigenvalue weighted by Crippen LogP contribution is -2.28. The summed E-state index contributed by atoms with van der Waals surface area (Å²) in [6.45, 7) is 4.78. The quantitative estimate of drug-likeness (QED) is 0.886. The van der Waals surface area contributed by atoms with E-state index < -0.39 is 0 Å². The first-order chi connectivity index (χ1) is 10.0. The SMILES string of the molecule is CCCn1cc(N)cc1C(=O)NC(C)c1ccc(Cl)cc1. The summed E-state index contributed by atoms with van der Waals surface area (Å²) in [5.41, 5.74) is 8.00. The van der Waals surface area contributed by atoms with Crippen molar-refractivity contribution >= 4 is 23.2 Å². The van der Waals surface area contributed by atoms with Crippen LogP contribution in [-0.2, 0) is 6.54 Å². The molecular weight excluding hydrogens is 286 g/mol. The average Bonchev–Trinajstić information content (AvgIpc) is 2.81. The topological polar surface area (TPSA) is 60.0 Å². The highest BCUT2D eigenvalue weighted by molar-refractivity contribution is 6.30. The molecule has 1 aromatic carbocycles. The summed E-state index contributed by atoms with van der Waals surface area (Å²) >= 11 is 5.87. The number of nitrogens with one attached hydrogen (secondary N) is 1. The lowest BCUT2D eigenvalue weighted by Gasteiger charge is -2.15. The van der Waals surface area contributed by atoms with Crippen molar-refractivity contribution in [3.63, 3.8) is 0 Å². The first-order valence-electron chi connectivity index (χ1n) is 7.03. The predicted molar refractivity (Wildman–Crippen MR) is 86.5 cm³/mol. The summed E-state index contributed by atoms with van der Waals surface area (Å²) in [7, 11) is 0. The van der Waals surface area contributed by atoms with Crippen molar-refractivity contribution in [1.82, 2.24) is 9.88 Å². The van der Waals surface area contributed by atoms with Crippen LogP contribution in [0.15, 0.2) is 36.5 Å². The fourth-order valence-corrected chi connectivity index (χ4v) is 2.38. The summed E-state index contributed by atoms with van der Waals surface area (Å²) in [4.78, 5) is 12.4. The summed E-state index contributed by atoms with van der Waals surface area (Å²) in [5.74, 6) is -0.123. The molecule has 0 aliphatic rings. The molecule has 0 aliphatic heterocycles. The maximum atomic E-state index is 12.4. The van der Waals surface area contributed by atoms with E-state index in [4.69, 9.17) is 17.3 Å². The van der Waals surface area contributed by atoms with Gasteiger partial charge in [0.1, 0.15) is 5.69 Å². The van der Waals surface area contributed by atoms with Gasteiger partial charge >= 0.3 is 0 Å². The lowest BCUT2D eigenvalue weighted by atomic mass is 10.1. The van der Waals surface area contributed by atoms with Gasteiger partial charge in [-0.15, -0.1) is 0 Å². The molecule has 0 bridgehead atoms. The Kier molecular flexibility index (Phi) is 4.91. The van der Waals surface area contributed by atoms with E-state index in [1.54, 1.807) is 12.3 Å². The van der Waals surface area contributed by atoms with E-state index in [1.165, 1.54) is 0 Å². The first kappa shape index (κ1) is 15.4. The number of benzene rings is 1. The van der Waals surface area contributed by atoms with Gasteiger partial charge in [0.2, 0.25) is 0 Å². The number of rotatable bonds is 5. The van der Waals surface area contributed by atoms with Gasteiger partial charge in [-0.2, -0.15) is 0 Å². The largest absolute Gasteiger partial charge is 0.397 e. The fourth-order valence-electron chi connectivity index (χ4n) is 2.25. The van der Waals surface area contributed by atoms with Crippen LogP contribution in [-0.4, -0.2) is 10.5 Å². The number of aromatic nitrogens is 1. The molecule has 2 aromatic rings. The Morgan fingerprint density at radius 3 is 2.67 bits per heavy atom. The van der Waals surface area contributed by atoms with Gasteiger partial charge in [0.25, 0.3) is 5.91 Å². The lowest BCUT2D eigenvalue weighted by molar-refractivity contribution is 0.0930. The molecule has 1 unspecified atom stereocenters. The van der Waals surface area contributed by atoms with Gasteiger partial charge in [0.05, 0.1) is 11.7 Å². The van der Waals surface area contributed by atoms with Crippen molar-refractivity contribution in [3.8, 4) is 0 Å². The molecule has 5 heteroatoms. The Labute approximate surface area is 129 Å². The van der Waals surface area contributed by atoms with Gasteiger partial charge in [-0.25, -0.2) is 0 Å². The predicted octanol–water partition coefficient (Wildman–Crippen LogP) is 3.62. The standard InChI is InChI=1S/C16H20ClN3O/c1-3-8-20-10-14(18)9-15(20)16(21)19-11(2)12-4-6-13(17)7-5-12/h4-7,9-11H,3,8,18H2,1-2H3,(H,19,21). The molecule has 4 nitrogen and oxygen atoms in total. The van der Waals surface area contributed by atoms with Crippen LogP contribution in [0.5, 0.6) is 0 Å². The number of nitrogen functional groups attached to an aromatic ring is 1. The number of amides is 1. The molecule has 0 fully saturated rings. The van der Waals surface area contributed by atoms with Gasteiger partial charge < -0.3 is 15.6 Å². The number of nitrogens with zero attached hydrogens (tertiary/aromatic N) is 1. The van der Waals surface area contributed by atoms with Crippen LogP contribution in [0.1, 0.15) is 42.4 Å². The molecule has 1 aromatic heterocycles.